The minimum Gasteiger partial charge on any atom is -0.380 e. The Morgan fingerprint density at radius 1 is 1.12 bits per heavy atom. The molecule has 0 aromatic heterocycles. The van der Waals surface area contributed by atoms with Gasteiger partial charge in [0.05, 0.1) is 31.2 Å². The zero-order valence-corrected chi connectivity index (χ0v) is 20.1. The van der Waals surface area contributed by atoms with Crippen molar-refractivity contribution in [1.82, 2.24) is 14.5 Å². The van der Waals surface area contributed by atoms with E-state index in [0.29, 0.717) is 18.2 Å². The molecule has 3 aliphatic rings. The van der Waals surface area contributed by atoms with Crippen molar-refractivity contribution < 1.29 is 22.7 Å². The van der Waals surface area contributed by atoms with Crippen LogP contribution in [0.5, 0.6) is 0 Å². The average molecular weight is 494 g/mol. The number of methoxy groups -OCH3 is 1. The van der Waals surface area contributed by atoms with Crippen LogP contribution in [0.15, 0.2) is 41.3 Å². The van der Waals surface area contributed by atoms with Gasteiger partial charge in [-0.25, -0.2) is 8.42 Å². The molecule has 3 fully saturated rings. The standard InChI is InChI=1S/C23H28ClN3O5S/c1-31-16-23-14-26(12-21(28)27(23)13-22(15-32-23)6-8-25-9-7-22)33(29,30)20-5-3-17-10-19(24)4-2-18(17)11-20/h2-5,10-11,25H,6-9,12-16H2,1H3. The number of ether oxygens (including phenoxy) is 2. The molecule has 1 unspecified atom stereocenters. The molecule has 178 valence electrons. The van der Waals surface area contributed by atoms with Gasteiger partial charge in [0.25, 0.3) is 0 Å². The van der Waals surface area contributed by atoms with Crippen LogP contribution in [0.3, 0.4) is 0 Å². The largest absolute Gasteiger partial charge is 0.380 e. The first-order valence-corrected chi connectivity index (χ1v) is 12.9. The van der Waals surface area contributed by atoms with E-state index in [0.717, 1.165) is 36.7 Å². The zero-order chi connectivity index (χ0) is 23.3. The molecule has 1 spiro atoms. The summed E-state index contributed by atoms with van der Waals surface area (Å²) in [5.41, 5.74) is -1.23. The summed E-state index contributed by atoms with van der Waals surface area (Å²) in [4.78, 5) is 15.2. The van der Waals surface area contributed by atoms with E-state index in [1.807, 2.05) is 0 Å². The molecule has 3 aliphatic heterocycles. The van der Waals surface area contributed by atoms with E-state index in [1.165, 1.54) is 11.4 Å². The second-order valence-electron chi connectivity index (χ2n) is 9.32. The number of piperazine rings is 1. The first-order valence-electron chi connectivity index (χ1n) is 11.1. The normalized spacial score (nSPS) is 26.0. The quantitative estimate of drug-likeness (QED) is 0.701. The summed E-state index contributed by atoms with van der Waals surface area (Å²) in [5.74, 6) is -0.257. The maximum atomic E-state index is 13.6. The molecule has 33 heavy (non-hydrogen) atoms. The number of amides is 1. The number of nitrogens with zero attached hydrogens (tertiary/aromatic N) is 2. The van der Waals surface area contributed by atoms with Crippen LogP contribution in [-0.4, -0.2) is 82.3 Å². The van der Waals surface area contributed by atoms with Gasteiger partial charge >= 0.3 is 0 Å². The smallest absolute Gasteiger partial charge is 0.243 e. The molecule has 0 radical (unpaired) electrons. The van der Waals surface area contributed by atoms with Gasteiger partial charge in [0.2, 0.25) is 15.9 Å². The number of nitrogens with one attached hydrogen (secondary N) is 1. The third kappa shape index (κ3) is 4.05. The minimum absolute atomic E-state index is 0.0297. The van der Waals surface area contributed by atoms with E-state index >= 15 is 0 Å². The van der Waals surface area contributed by atoms with Crippen LogP contribution >= 0.6 is 11.6 Å². The van der Waals surface area contributed by atoms with Crippen molar-refractivity contribution in [3.8, 4) is 0 Å². The highest BCUT2D eigenvalue weighted by molar-refractivity contribution is 7.89. The predicted octanol–water partition coefficient (Wildman–Crippen LogP) is 2.07. The molecule has 8 nitrogen and oxygen atoms in total. The molecular formula is C23H28ClN3O5S. The maximum absolute atomic E-state index is 13.6. The van der Waals surface area contributed by atoms with Crippen LogP contribution in [0.25, 0.3) is 10.8 Å². The second kappa shape index (κ2) is 8.48. The Hall–Kier alpha value is -1.75. The highest BCUT2D eigenvalue weighted by Gasteiger charge is 2.56. The van der Waals surface area contributed by atoms with Crippen LogP contribution in [-0.2, 0) is 24.3 Å². The monoisotopic (exact) mass is 493 g/mol. The van der Waals surface area contributed by atoms with Gasteiger partial charge in [-0.3, -0.25) is 4.79 Å². The lowest BCUT2D eigenvalue weighted by Gasteiger charge is -2.57. The van der Waals surface area contributed by atoms with Crippen LogP contribution in [0.4, 0.5) is 0 Å². The Labute approximate surface area is 198 Å². The van der Waals surface area contributed by atoms with Gasteiger partial charge in [-0.15, -0.1) is 0 Å². The Morgan fingerprint density at radius 2 is 1.85 bits per heavy atom. The molecule has 10 heteroatoms. The van der Waals surface area contributed by atoms with Crippen LogP contribution in [0.2, 0.25) is 5.02 Å². The number of hydrogen-bond acceptors (Lipinski definition) is 6. The molecule has 3 saturated heterocycles. The molecule has 1 amide bonds. The van der Waals surface area contributed by atoms with E-state index in [1.54, 1.807) is 41.3 Å². The van der Waals surface area contributed by atoms with Gasteiger partial charge in [-0.05, 0) is 61.0 Å². The maximum Gasteiger partial charge on any atom is 0.243 e. The fraction of sp³-hybridized carbons (Fsp3) is 0.522. The summed E-state index contributed by atoms with van der Waals surface area (Å²) in [6, 6.07) is 10.2. The van der Waals surface area contributed by atoms with Gasteiger partial charge in [-0.1, -0.05) is 23.7 Å². The van der Waals surface area contributed by atoms with E-state index in [9.17, 15) is 13.2 Å². The Bertz CT molecular complexity index is 1180. The summed E-state index contributed by atoms with van der Waals surface area (Å²) in [5, 5.41) is 5.55. The van der Waals surface area contributed by atoms with Gasteiger partial charge in [0.15, 0.2) is 5.72 Å². The van der Waals surface area contributed by atoms with E-state index in [4.69, 9.17) is 21.1 Å². The van der Waals surface area contributed by atoms with E-state index in [-0.39, 0.29) is 35.9 Å². The van der Waals surface area contributed by atoms with E-state index in [2.05, 4.69) is 5.32 Å². The number of halogens is 1. The van der Waals surface area contributed by atoms with Crippen molar-refractivity contribution >= 4 is 38.3 Å². The first kappa shape index (κ1) is 23.0. The molecule has 2 aromatic carbocycles. The number of carbonyl (C=O) groups is 1. The van der Waals surface area contributed by atoms with Crippen molar-refractivity contribution in [2.24, 2.45) is 5.41 Å². The fourth-order valence-electron chi connectivity index (χ4n) is 5.23. The lowest BCUT2D eigenvalue weighted by molar-refractivity contribution is -0.256. The van der Waals surface area contributed by atoms with Crippen molar-refractivity contribution in [1.29, 1.82) is 0 Å². The van der Waals surface area contributed by atoms with Gasteiger partial charge in [0, 0.05) is 24.1 Å². The van der Waals surface area contributed by atoms with Crippen molar-refractivity contribution in [3.05, 3.63) is 41.4 Å². The van der Waals surface area contributed by atoms with Gasteiger partial charge < -0.3 is 19.7 Å². The highest BCUT2D eigenvalue weighted by Crippen LogP contribution is 2.41. The second-order valence-corrected chi connectivity index (χ2v) is 11.7. The summed E-state index contributed by atoms with van der Waals surface area (Å²) in [6.45, 7) is 2.72. The van der Waals surface area contributed by atoms with E-state index < -0.39 is 15.7 Å². The molecule has 5 rings (SSSR count). The Kier molecular flexibility index (Phi) is 5.91. The lowest BCUT2D eigenvalue weighted by Crippen LogP contribution is -2.73. The fourth-order valence-corrected chi connectivity index (χ4v) is 6.88. The highest BCUT2D eigenvalue weighted by atomic mass is 35.5. The molecular weight excluding hydrogens is 466 g/mol. The molecule has 2 aromatic rings. The first-order chi connectivity index (χ1) is 15.8. The summed E-state index contributed by atoms with van der Waals surface area (Å²) >= 11 is 6.05. The number of hydrogen-bond donors (Lipinski definition) is 1. The number of carbonyl (C=O) groups excluding carboxylic acids is 1. The number of fused-ring (bicyclic) bond motifs is 2. The number of rotatable bonds is 4. The Morgan fingerprint density at radius 3 is 2.61 bits per heavy atom. The van der Waals surface area contributed by atoms with Crippen LogP contribution in [0, 0.1) is 5.41 Å². The lowest BCUT2D eigenvalue weighted by atomic mass is 9.77. The van der Waals surface area contributed by atoms with Gasteiger partial charge in [-0.2, -0.15) is 4.31 Å². The summed E-state index contributed by atoms with van der Waals surface area (Å²) in [7, 11) is -2.39. The summed E-state index contributed by atoms with van der Waals surface area (Å²) < 4.78 is 40.2. The topological polar surface area (TPSA) is 88.2 Å². The third-order valence-corrected chi connectivity index (χ3v) is 9.14. The third-order valence-electron chi connectivity index (χ3n) is 7.11. The average Bonchev–Trinajstić information content (AvgIpc) is 2.80. The van der Waals surface area contributed by atoms with Crippen LogP contribution in [0.1, 0.15) is 12.8 Å². The molecule has 0 bridgehead atoms. The molecule has 1 N–H and O–H groups in total. The van der Waals surface area contributed by atoms with Crippen molar-refractivity contribution in [3.63, 3.8) is 0 Å². The SMILES string of the molecule is COCC12CN(S(=O)(=O)c3ccc4cc(Cl)ccc4c3)CC(=O)N1CC1(CCNCC1)CO2. The zero-order valence-electron chi connectivity index (χ0n) is 18.5. The van der Waals surface area contributed by atoms with Gasteiger partial charge in [0.1, 0.15) is 0 Å². The number of benzene rings is 2. The molecule has 0 aliphatic carbocycles. The minimum atomic E-state index is -3.93. The summed E-state index contributed by atoms with van der Waals surface area (Å²) in [6.07, 6.45) is 1.84. The van der Waals surface area contributed by atoms with Crippen molar-refractivity contribution in [2.75, 3.05) is 53.0 Å². The molecule has 3 heterocycles. The predicted molar refractivity (Wildman–Crippen MR) is 125 cm³/mol. The number of sulfonamides is 1. The van der Waals surface area contributed by atoms with Crippen molar-refractivity contribution in [2.45, 2.75) is 23.5 Å². The number of piperidine rings is 1. The molecule has 0 saturated carbocycles. The Balaban J connectivity index is 1.46. The molecule has 1 atom stereocenters. The van der Waals surface area contributed by atoms with Crippen LogP contribution < -0.4 is 5.32 Å².